The van der Waals surface area contributed by atoms with E-state index in [0.717, 1.165) is 36.5 Å². The van der Waals surface area contributed by atoms with Crippen LogP contribution < -0.4 is 4.74 Å². The van der Waals surface area contributed by atoms with Crippen molar-refractivity contribution < 1.29 is 26.7 Å². The number of hydrogen-bond acceptors (Lipinski definition) is 1. The zero-order valence-electron chi connectivity index (χ0n) is 20.3. The largest absolute Gasteiger partial charge is 0.428 e. The SMILES string of the molecule is CCC1CCC(CCc2ccc(C(F)(F)Oc3ccccc3-c3ccc(C(F)(F)F)cc3)cc2)CC1. The third-order valence-corrected chi connectivity index (χ3v) is 7.32. The third kappa shape index (κ3) is 6.45. The van der Waals surface area contributed by atoms with Gasteiger partial charge in [0.2, 0.25) is 0 Å². The average molecular weight is 503 g/mol. The van der Waals surface area contributed by atoms with Gasteiger partial charge in [0, 0.05) is 5.56 Å². The fourth-order valence-electron chi connectivity index (χ4n) is 4.99. The average Bonchev–Trinajstić information content (AvgIpc) is 2.88. The molecular formula is C30H31F5O. The molecule has 0 unspecified atom stereocenters. The lowest BCUT2D eigenvalue weighted by Gasteiger charge is -2.27. The number of aryl methyl sites for hydroxylation is 1. The van der Waals surface area contributed by atoms with Gasteiger partial charge < -0.3 is 4.74 Å². The highest BCUT2D eigenvalue weighted by molar-refractivity contribution is 5.70. The molecule has 0 N–H and O–H groups in total. The number of para-hydroxylation sites is 1. The predicted molar refractivity (Wildman–Crippen MR) is 132 cm³/mol. The maximum Gasteiger partial charge on any atom is 0.426 e. The molecule has 0 radical (unpaired) electrons. The van der Waals surface area contributed by atoms with Crippen molar-refractivity contribution in [3.63, 3.8) is 0 Å². The summed E-state index contributed by atoms with van der Waals surface area (Å²) in [5.41, 5.74) is 0.607. The van der Waals surface area contributed by atoms with E-state index in [1.165, 1.54) is 62.4 Å². The molecule has 6 heteroatoms. The van der Waals surface area contributed by atoms with Gasteiger partial charge in [-0.3, -0.25) is 0 Å². The summed E-state index contributed by atoms with van der Waals surface area (Å²) < 4.78 is 73.9. The van der Waals surface area contributed by atoms with E-state index in [4.69, 9.17) is 4.74 Å². The van der Waals surface area contributed by atoms with Crippen LogP contribution in [0.1, 0.15) is 62.1 Å². The number of benzene rings is 3. The van der Waals surface area contributed by atoms with Crippen LogP contribution >= 0.6 is 0 Å². The van der Waals surface area contributed by atoms with Crippen molar-refractivity contribution in [1.29, 1.82) is 0 Å². The van der Waals surface area contributed by atoms with Crippen molar-refractivity contribution in [2.75, 3.05) is 0 Å². The molecule has 0 amide bonds. The number of alkyl halides is 5. The van der Waals surface area contributed by atoms with Crippen molar-refractivity contribution in [1.82, 2.24) is 0 Å². The fraction of sp³-hybridized carbons (Fsp3) is 0.400. The molecule has 0 heterocycles. The first-order valence-electron chi connectivity index (χ1n) is 12.6. The Balaban J connectivity index is 1.42. The molecule has 0 spiro atoms. The van der Waals surface area contributed by atoms with E-state index in [1.54, 1.807) is 30.3 Å². The molecule has 0 bridgehead atoms. The third-order valence-electron chi connectivity index (χ3n) is 7.32. The molecule has 1 aliphatic carbocycles. The van der Waals surface area contributed by atoms with Crippen molar-refractivity contribution in [2.45, 2.75) is 64.2 Å². The van der Waals surface area contributed by atoms with Gasteiger partial charge in [-0.1, -0.05) is 81.5 Å². The van der Waals surface area contributed by atoms with Crippen LogP contribution in [0.4, 0.5) is 22.0 Å². The first-order chi connectivity index (χ1) is 17.2. The Kier molecular flexibility index (Phi) is 8.01. The second-order valence-electron chi connectivity index (χ2n) is 9.72. The highest BCUT2D eigenvalue weighted by Gasteiger charge is 2.35. The highest BCUT2D eigenvalue weighted by Crippen LogP contribution is 2.39. The summed E-state index contributed by atoms with van der Waals surface area (Å²) in [5.74, 6) is 1.46. The minimum atomic E-state index is -4.47. The van der Waals surface area contributed by atoms with E-state index in [-0.39, 0.29) is 11.3 Å². The molecule has 0 aliphatic heterocycles. The lowest BCUT2D eigenvalue weighted by molar-refractivity contribution is -0.185. The summed E-state index contributed by atoms with van der Waals surface area (Å²) in [7, 11) is 0. The van der Waals surface area contributed by atoms with Gasteiger partial charge in [0.1, 0.15) is 5.75 Å². The topological polar surface area (TPSA) is 9.23 Å². The minimum Gasteiger partial charge on any atom is -0.428 e. The molecular weight excluding hydrogens is 471 g/mol. The molecule has 1 saturated carbocycles. The summed E-state index contributed by atoms with van der Waals surface area (Å²) in [6.07, 6.45) is 0.200. The van der Waals surface area contributed by atoms with Gasteiger partial charge in [-0.15, -0.1) is 0 Å². The van der Waals surface area contributed by atoms with Crippen LogP contribution in [-0.4, -0.2) is 0 Å². The van der Waals surface area contributed by atoms with E-state index < -0.39 is 17.8 Å². The Bertz CT molecular complexity index is 1110. The Hall–Kier alpha value is -2.89. The summed E-state index contributed by atoms with van der Waals surface area (Å²) in [4.78, 5) is 0. The van der Waals surface area contributed by atoms with Crippen LogP contribution in [0.3, 0.4) is 0 Å². The van der Waals surface area contributed by atoms with E-state index in [1.807, 2.05) is 0 Å². The van der Waals surface area contributed by atoms with Crippen molar-refractivity contribution >= 4 is 0 Å². The van der Waals surface area contributed by atoms with Gasteiger partial charge in [0.25, 0.3) is 0 Å². The van der Waals surface area contributed by atoms with Gasteiger partial charge in [0.15, 0.2) is 0 Å². The Morgan fingerprint density at radius 2 is 1.31 bits per heavy atom. The first-order valence-corrected chi connectivity index (χ1v) is 12.6. The second-order valence-corrected chi connectivity index (χ2v) is 9.72. The van der Waals surface area contributed by atoms with Crippen LogP contribution in [0.5, 0.6) is 5.75 Å². The summed E-state index contributed by atoms with van der Waals surface area (Å²) >= 11 is 0. The Morgan fingerprint density at radius 1 is 0.722 bits per heavy atom. The lowest BCUT2D eigenvalue weighted by Crippen LogP contribution is -2.22. The molecule has 1 fully saturated rings. The Labute approximate surface area is 209 Å². The number of hydrogen-bond donors (Lipinski definition) is 0. The van der Waals surface area contributed by atoms with Crippen LogP contribution in [0.15, 0.2) is 72.8 Å². The zero-order chi connectivity index (χ0) is 25.8. The van der Waals surface area contributed by atoms with Gasteiger partial charge in [0.05, 0.1) is 11.1 Å². The molecule has 36 heavy (non-hydrogen) atoms. The first kappa shape index (κ1) is 26.2. The van der Waals surface area contributed by atoms with Gasteiger partial charge in [-0.05, 0) is 66.1 Å². The molecule has 0 saturated heterocycles. The second kappa shape index (κ2) is 11.0. The molecule has 1 aliphatic rings. The normalized spacial score (nSPS) is 18.7. The van der Waals surface area contributed by atoms with Gasteiger partial charge >= 0.3 is 12.3 Å². The summed E-state index contributed by atoms with van der Waals surface area (Å²) in [6.45, 7) is 2.25. The van der Waals surface area contributed by atoms with E-state index >= 15 is 8.78 Å². The number of halogens is 5. The molecule has 4 rings (SSSR count). The van der Waals surface area contributed by atoms with E-state index in [2.05, 4.69) is 6.92 Å². The number of rotatable bonds is 8. The smallest absolute Gasteiger partial charge is 0.426 e. The van der Waals surface area contributed by atoms with E-state index in [9.17, 15) is 13.2 Å². The van der Waals surface area contributed by atoms with E-state index in [0.29, 0.717) is 17.0 Å². The lowest BCUT2D eigenvalue weighted by atomic mass is 9.78. The standard InChI is InChI=1S/C30H31F5O/c1-2-21-7-9-22(10-8-21)11-12-23-13-17-26(18-14-23)30(34,35)36-28-6-4-3-5-27(28)24-15-19-25(20-16-24)29(31,32)33/h3-6,13-22H,2,7-12H2,1H3. The minimum absolute atomic E-state index is 0.103. The summed E-state index contributed by atoms with van der Waals surface area (Å²) in [5, 5.41) is 0. The maximum atomic E-state index is 15.1. The maximum absolute atomic E-state index is 15.1. The molecule has 0 aromatic heterocycles. The quantitative estimate of drug-likeness (QED) is 0.279. The molecule has 3 aromatic carbocycles. The van der Waals surface area contributed by atoms with Crippen LogP contribution in [0.2, 0.25) is 0 Å². The highest BCUT2D eigenvalue weighted by atomic mass is 19.4. The molecule has 0 atom stereocenters. The Morgan fingerprint density at radius 3 is 1.92 bits per heavy atom. The van der Waals surface area contributed by atoms with Gasteiger partial charge in [-0.25, -0.2) is 0 Å². The van der Waals surface area contributed by atoms with Crippen molar-refractivity contribution in [3.05, 3.63) is 89.5 Å². The zero-order valence-corrected chi connectivity index (χ0v) is 20.3. The molecule has 1 nitrogen and oxygen atoms in total. The molecule has 3 aromatic rings. The van der Waals surface area contributed by atoms with Crippen LogP contribution in [0.25, 0.3) is 11.1 Å². The predicted octanol–water partition coefficient (Wildman–Crippen LogP) is 9.65. The van der Waals surface area contributed by atoms with Gasteiger partial charge in [-0.2, -0.15) is 22.0 Å². The van der Waals surface area contributed by atoms with Crippen molar-refractivity contribution in [2.24, 2.45) is 11.8 Å². The van der Waals surface area contributed by atoms with Crippen LogP contribution in [-0.2, 0) is 18.7 Å². The monoisotopic (exact) mass is 502 g/mol. The number of ether oxygens (including phenoxy) is 1. The van der Waals surface area contributed by atoms with Crippen molar-refractivity contribution in [3.8, 4) is 16.9 Å². The van der Waals surface area contributed by atoms with Crippen LogP contribution in [0, 0.1) is 11.8 Å². The fourth-order valence-corrected chi connectivity index (χ4v) is 4.99. The molecule has 192 valence electrons. The summed E-state index contributed by atoms with van der Waals surface area (Å²) in [6, 6.07) is 16.7.